The van der Waals surface area contributed by atoms with Crippen molar-refractivity contribution in [2.75, 3.05) is 25.5 Å². The van der Waals surface area contributed by atoms with Crippen LogP contribution < -0.4 is 5.32 Å². The minimum atomic E-state index is -0.171. The Balaban J connectivity index is 1.26. The van der Waals surface area contributed by atoms with Crippen molar-refractivity contribution in [1.29, 1.82) is 0 Å². The Morgan fingerprint density at radius 1 is 0.944 bits per heavy atom. The van der Waals surface area contributed by atoms with Gasteiger partial charge in [0.1, 0.15) is 0 Å². The Morgan fingerprint density at radius 2 is 1.53 bits per heavy atom. The molecule has 4 rings (SSSR count). The van der Waals surface area contributed by atoms with E-state index < -0.39 is 0 Å². The van der Waals surface area contributed by atoms with Gasteiger partial charge in [0.05, 0.1) is 0 Å². The minimum Gasteiger partial charge on any atom is -0.343 e. The highest BCUT2D eigenvalue weighted by Crippen LogP contribution is 2.23. The molecule has 1 heterocycles. The van der Waals surface area contributed by atoms with Crippen LogP contribution in [-0.2, 0) is 16.1 Å². The molecule has 0 unspecified atom stereocenters. The van der Waals surface area contributed by atoms with Gasteiger partial charge in [0.15, 0.2) is 0 Å². The third-order valence-corrected chi connectivity index (χ3v) is 6.95. The van der Waals surface area contributed by atoms with Gasteiger partial charge in [0.25, 0.3) is 0 Å². The summed E-state index contributed by atoms with van der Waals surface area (Å²) in [7, 11) is 2.15. The van der Waals surface area contributed by atoms with Crippen LogP contribution in [-0.4, -0.2) is 47.8 Å². The van der Waals surface area contributed by atoms with Gasteiger partial charge in [0, 0.05) is 49.4 Å². The molecule has 0 radical (unpaired) electrons. The van der Waals surface area contributed by atoms with Crippen molar-refractivity contribution in [2.45, 2.75) is 32.4 Å². The smallest absolute Gasteiger partial charge is 0.248 e. The molecule has 3 aromatic rings. The van der Waals surface area contributed by atoms with Crippen molar-refractivity contribution in [2.24, 2.45) is 0 Å². The molecule has 0 aliphatic carbocycles. The molecule has 36 heavy (non-hydrogen) atoms. The number of nitrogens with zero attached hydrogens (tertiary/aromatic N) is 2. The second-order valence-electron chi connectivity index (χ2n) is 9.30. The zero-order valence-electron chi connectivity index (χ0n) is 20.8. The Kier molecular flexibility index (Phi) is 8.57. The largest absolute Gasteiger partial charge is 0.343 e. The van der Waals surface area contributed by atoms with E-state index in [1.807, 2.05) is 71.6 Å². The van der Waals surface area contributed by atoms with Crippen molar-refractivity contribution >= 4 is 35.2 Å². The second-order valence-corrected chi connectivity index (χ2v) is 9.74. The number of hydrogen-bond donors (Lipinski definition) is 1. The number of anilines is 1. The second kappa shape index (κ2) is 12.0. The Hall–Kier alpha value is -3.41. The molecule has 0 bridgehead atoms. The van der Waals surface area contributed by atoms with Gasteiger partial charge in [-0.2, -0.15) is 0 Å². The third kappa shape index (κ3) is 7.06. The van der Waals surface area contributed by atoms with E-state index in [4.69, 9.17) is 11.6 Å². The Morgan fingerprint density at radius 3 is 2.11 bits per heavy atom. The van der Waals surface area contributed by atoms with E-state index in [0.29, 0.717) is 11.1 Å². The van der Waals surface area contributed by atoms with Crippen molar-refractivity contribution in [1.82, 2.24) is 9.80 Å². The van der Waals surface area contributed by atoms with Crippen LogP contribution in [0.4, 0.5) is 5.69 Å². The first-order valence-corrected chi connectivity index (χ1v) is 12.6. The van der Waals surface area contributed by atoms with Gasteiger partial charge in [-0.15, -0.1) is 0 Å². The standard InChI is InChI=1S/C30H32ClN3O2/c1-22(35)34-19-17-29(18-20-34)33(2)21-24-5-3-23(4-6-24)7-16-30(36)32-28-14-10-26(11-15-28)25-8-12-27(31)13-9-25/h3-16,29H,17-21H2,1-2H3,(H,32,36)/b16-7+. The van der Waals surface area contributed by atoms with E-state index in [0.717, 1.165) is 54.9 Å². The van der Waals surface area contributed by atoms with Crippen LogP contribution in [0.15, 0.2) is 78.9 Å². The molecule has 0 atom stereocenters. The predicted octanol–water partition coefficient (Wildman–Crippen LogP) is 6.10. The minimum absolute atomic E-state index is 0.167. The van der Waals surface area contributed by atoms with Crippen LogP contribution in [0.25, 0.3) is 17.2 Å². The van der Waals surface area contributed by atoms with E-state index in [-0.39, 0.29) is 11.8 Å². The van der Waals surface area contributed by atoms with Crippen LogP contribution in [0.5, 0.6) is 0 Å². The lowest BCUT2D eigenvalue weighted by molar-refractivity contribution is -0.130. The predicted molar refractivity (Wildman–Crippen MR) is 148 cm³/mol. The highest BCUT2D eigenvalue weighted by Gasteiger charge is 2.23. The van der Waals surface area contributed by atoms with Gasteiger partial charge in [-0.1, -0.05) is 60.1 Å². The normalized spacial score (nSPS) is 14.4. The molecule has 0 saturated carbocycles. The topological polar surface area (TPSA) is 52.7 Å². The molecular weight excluding hydrogens is 470 g/mol. The Labute approximate surface area is 218 Å². The van der Waals surface area contributed by atoms with Gasteiger partial charge in [-0.25, -0.2) is 0 Å². The first kappa shape index (κ1) is 25.7. The molecule has 2 amide bonds. The molecule has 1 aliphatic rings. The van der Waals surface area contributed by atoms with E-state index in [1.54, 1.807) is 13.0 Å². The van der Waals surface area contributed by atoms with Crippen LogP contribution >= 0.6 is 11.6 Å². The molecule has 5 nitrogen and oxygen atoms in total. The number of rotatable bonds is 7. The Bertz CT molecular complexity index is 1200. The summed E-state index contributed by atoms with van der Waals surface area (Å²) in [5, 5.41) is 3.61. The number of carbonyl (C=O) groups excluding carboxylic acids is 2. The zero-order chi connectivity index (χ0) is 25.5. The molecule has 3 aromatic carbocycles. The first-order valence-electron chi connectivity index (χ1n) is 12.3. The van der Waals surface area contributed by atoms with Gasteiger partial charge in [0.2, 0.25) is 11.8 Å². The summed E-state index contributed by atoms with van der Waals surface area (Å²) >= 11 is 5.96. The average molecular weight is 502 g/mol. The van der Waals surface area contributed by atoms with Crippen LogP contribution in [0.3, 0.4) is 0 Å². The van der Waals surface area contributed by atoms with Gasteiger partial charge in [-0.3, -0.25) is 14.5 Å². The van der Waals surface area contributed by atoms with E-state index >= 15 is 0 Å². The lowest BCUT2D eigenvalue weighted by Crippen LogP contribution is -2.44. The maximum Gasteiger partial charge on any atom is 0.248 e. The molecule has 6 heteroatoms. The lowest BCUT2D eigenvalue weighted by Gasteiger charge is -2.36. The number of carbonyl (C=O) groups is 2. The van der Waals surface area contributed by atoms with Crippen LogP contribution in [0.2, 0.25) is 5.02 Å². The molecular formula is C30H32ClN3O2. The molecule has 186 valence electrons. The molecule has 0 aromatic heterocycles. The average Bonchev–Trinajstić information content (AvgIpc) is 2.89. The van der Waals surface area contributed by atoms with Gasteiger partial charge >= 0.3 is 0 Å². The van der Waals surface area contributed by atoms with Crippen molar-refractivity contribution in [3.05, 3.63) is 95.0 Å². The number of amides is 2. The zero-order valence-corrected chi connectivity index (χ0v) is 21.5. The molecule has 1 saturated heterocycles. The quantitative estimate of drug-likeness (QED) is 0.398. The number of halogens is 1. The fourth-order valence-corrected chi connectivity index (χ4v) is 4.64. The lowest BCUT2D eigenvalue weighted by atomic mass is 10.0. The maximum atomic E-state index is 12.4. The fraction of sp³-hybridized carbons (Fsp3) is 0.267. The van der Waals surface area contributed by atoms with Gasteiger partial charge < -0.3 is 10.2 Å². The van der Waals surface area contributed by atoms with Crippen molar-refractivity contribution in [3.63, 3.8) is 0 Å². The maximum absolute atomic E-state index is 12.4. The monoisotopic (exact) mass is 501 g/mol. The summed E-state index contributed by atoms with van der Waals surface area (Å²) in [4.78, 5) is 28.2. The highest BCUT2D eigenvalue weighted by atomic mass is 35.5. The number of nitrogens with one attached hydrogen (secondary N) is 1. The number of benzene rings is 3. The SMILES string of the molecule is CC(=O)N1CCC(N(C)Cc2ccc(/C=C/C(=O)Nc3ccc(-c4ccc(Cl)cc4)cc3)cc2)CC1. The summed E-state index contributed by atoms with van der Waals surface area (Å²) in [6.07, 6.45) is 5.39. The summed E-state index contributed by atoms with van der Waals surface area (Å²) in [6, 6.07) is 24.2. The fourth-order valence-electron chi connectivity index (χ4n) is 4.52. The highest BCUT2D eigenvalue weighted by molar-refractivity contribution is 6.30. The third-order valence-electron chi connectivity index (χ3n) is 6.70. The summed E-state index contributed by atoms with van der Waals surface area (Å²) in [5.41, 5.74) is 5.09. The van der Waals surface area contributed by atoms with Crippen LogP contribution in [0, 0.1) is 0 Å². The molecule has 0 spiro atoms. The number of hydrogen-bond acceptors (Lipinski definition) is 3. The first-order chi connectivity index (χ1) is 17.4. The summed E-state index contributed by atoms with van der Waals surface area (Å²) in [6.45, 7) is 4.18. The van der Waals surface area contributed by atoms with E-state index in [1.165, 1.54) is 5.56 Å². The number of likely N-dealkylation sites (tertiary alicyclic amines) is 1. The summed E-state index contributed by atoms with van der Waals surface area (Å²) < 4.78 is 0. The van der Waals surface area contributed by atoms with Crippen molar-refractivity contribution < 1.29 is 9.59 Å². The summed E-state index contributed by atoms with van der Waals surface area (Å²) in [5.74, 6) is -0.00422. The number of piperidine rings is 1. The molecule has 1 N–H and O–H groups in total. The van der Waals surface area contributed by atoms with E-state index in [9.17, 15) is 9.59 Å². The molecule has 1 aliphatic heterocycles. The molecule has 1 fully saturated rings. The van der Waals surface area contributed by atoms with Crippen LogP contribution in [0.1, 0.15) is 30.9 Å². The van der Waals surface area contributed by atoms with E-state index in [2.05, 4.69) is 29.4 Å². The van der Waals surface area contributed by atoms with Crippen molar-refractivity contribution in [3.8, 4) is 11.1 Å². The van der Waals surface area contributed by atoms with Gasteiger partial charge in [-0.05, 0) is 72.5 Å².